The van der Waals surface area contributed by atoms with Crippen molar-refractivity contribution in [2.45, 2.75) is 178 Å². The molecule has 2 aromatic carbocycles. The number of aliphatic carboxylic acids is 2. The van der Waals surface area contributed by atoms with E-state index < -0.39 is 259 Å². The molecule has 0 spiro atoms. The van der Waals surface area contributed by atoms with E-state index >= 15 is 0 Å². The van der Waals surface area contributed by atoms with E-state index in [9.17, 15) is 126 Å². The number of phenolic OH excluding ortho intramolecular Hbond substituents is 1. The Morgan fingerprint density at radius 3 is 1.45 bits per heavy atom. The number of nitrogens with two attached hydrogens (primary N) is 1. The number of amides is 17. The van der Waals surface area contributed by atoms with Crippen LogP contribution in [0.25, 0.3) is 33.4 Å². The first-order valence-corrected chi connectivity index (χ1v) is 37.1. The number of phenols is 1. The monoisotopic (exact) mass is 1660 g/mol. The second kappa shape index (κ2) is 43.3. The average molecular weight is 1660 g/mol. The number of primary amides is 1. The number of carbonyl (C=O) groups excluding carboxylic acids is 17. The minimum absolute atomic E-state index is 0.00652. The molecule has 22 N–H and O–H groups in total. The number of imide groups is 1. The van der Waals surface area contributed by atoms with Crippen molar-refractivity contribution in [3.8, 4) is 28.2 Å². The van der Waals surface area contributed by atoms with E-state index in [1.165, 1.54) is 55.5 Å². The number of hydrogen-bond donors (Lipinski definition) is 21. The molecule has 0 saturated carbocycles. The zero-order chi connectivity index (χ0) is 87.7. The highest BCUT2D eigenvalue weighted by atomic mass is 32.2. The first-order chi connectivity index (χ1) is 54.8. The van der Waals surface area contributed by atoms with Crippen LogP contribution in [-0.4, -0.2) is 270 Å². The molecule has 0 aromatic heterocycles. The molecular weight excluding hydrogens is 1570 g/mol. The van der Waals surface area contributed by atoms with E-state index in [4.69, 9.17) is 15.3 Å². The predicted molar refractivity (Wildman–Crippen MR) is 406 cm³/mol. The summed E-state index contributed by atoms with van der Waals surface area (Å²) in [7, 11) is 0. The summed E-state index contributed by atoms with van der Waals surface area (Å²) in [5.74, 6) is -21.7. The summed E-state index contributed by atoms with van der Waals surface area (Å²) in [5.41, 5.74) is 4.99. The molecule has 117 heavy (non-hydrogen) atoms. The van der Waals surface area contributed by atoms with E-state index in [-0.39, 0.29) is 57.9 Å². The fourth-order valence-electron chi connectivity index (χ4n) is 11.1. The number of benzene rings is 3. The number of hydrogen-bond acceptors (Lipinski definition) is 26. The largest absolute Gasteiger partial charge is 0.508 e. The van der Waals surface area contributed by atoms with Crippen molar-refractivity contribution in [1.82, 2.24) is 79.3 Å². The first kappa shape index (κ1) is 94.4. The molecule has 2 aromatic rings. The van der Waals surface area contributed by atoms with Gasteiger partial charge in [0.05, 0.1) is 36.1 Å². The zero-order valence-corrected chi connectivity index (χ0v) is 65.3. The topological polar surface area (TPSA) is 691 Å². The van der Waals surface area contributed by atoms with Crippen LogP contribution in [0.15, 0.2) is 63.8 Å². The standard InChI is InChI=1S/C72H92N16O28S/c1-29(77-62(104)31(3)81-67(109)46(17-19-55(99)100)85-52(95)27-75-69(111)57(35(7)89)83-37(9)91)60(102)79-33(5)64(106)86-47(68(110)82-32(4)63(105)78-30(2)61(103)80-34(6)65(107)87-58(36(8)90)70(112)76-26-51(94)84-45(59(73)101)16-18-54(97)98)28-117-50-25-53(96)88(71(50)113)21-20-74-66(108)38-10-13-41(72(114)115)44(22-38)56-42-14-11-39(92)23-48(42)116-49-24-40(93)12-15-43(49)56/h10-15,22-24,29-36,45-47,50,57-58,89-90,92H,16-21,25-28H2,1-9H3,(H2,73,101)(H,74,108)(H,75,111)(H,76,112)(H,77,104)(H,78,105)(H,79,102)(H,80,103)(H,81,109)(H,82,110)(H,83,91)(H,84,94)(H,85,95)(H,86,106)(H,87,107)(H,97,98)(H,99,100)(H,114,115)/t29-,30-,31-,32-,33-,34-,35+,36+,45-,46-,47-,50?,57-,58-/m1/s1. The second-order valence-corrected chi connectivity index (χ2v) is 28.3. The van der Waals surface area contributed by atoms with Gasteiger partial charge in [-0.05, 0) is 116 Å². The number of aliphatic hydroxyl groups excluding tert-OH is 2. The maximum Gasteiger partial charge on any atom is 0.336 e. The van der Waals surface area contributed by atoms with Crippen LogP contribution in [0.3, 0.4) is 0 Å². The SMILES string of the molecule is CC(=O)N[C@@H](C(=O)NCC(=O)N[C@H](CCC(=O)O)C(=O)N[C@H](C)C(=O)N[C@H](C)C(=O)N[C@H](C)C(=O)N[C@H](CSC1CC(=O)N(CCNC(=O)c2ccc(C(=O)O)c(-c3c4ccc(=O)cc-4oc4cc(O)ccc34)c2)C1=O)C(=O)N[C@H](C)C(=O)N[C@H](C)C(=O)N[C@H](C)C(=O)N[C@@H](C(=O)NCC(=O)N[C@H](CCC(=O)O)C(N)=O)[C@H](C)O)[C@H](C)O. The summed E-state index contributed by atoms with van der Waals surface area (Å²) in [6, 6.07) is -5.84. The first-order valence-electron chi connectivity index (χ1n) is 36.0. The van der Waals surface area contributed by atoms with Gasteiger partial charge in [-0.1, -0.05) is 0 Å². The Morgan fingerprint density at radius 2 is 0.974 bits per heavy atom. The van der Waals surface area contributed by atoms with Crippen molar-refractivity contribution in [2.24, 2.45) is 5.73 Å². The fraction of sp³-hybridized carbons (Fsp3) is 0.458. The Morgan fingerprint density at radius 1 is 0.513 bits per heavy atom. The van der Waals surface area contributed by atoms with Crippen molar-refractivity contribution in [3.63, 3.8) is 0 Å². The lowest BCUT2D eigenvalue weighted by molar-refractivity contribution is -0.139. The molecular formula is C72H92N16O28S. The fourth-order valence-corrected chi connectivity index (χ4v) is 12.3. The van der Waals surface area contributed by atoms with Crippen LogP contribution in [0.5, 0.6) is 5.75 Å². The number of carbonyl (C=O) groups is 20. The van der Waals surface area contributed by atoms with E-state index in [1.54, 1.807) is 0 Å². The highest BCUT2D eigenvalue weighted by molar-refractivity contribution is 8.00. The van der Waals surface area contributed by atoms with Crippen molar-refractivity contribution < 1.29 is 131 Å². The van der Waals surface area contributed by atoms with Gasteiger partial charge in [-0.3, -0.25) is 101 Å². The summed E-state index contributed by atoms with van der Waals surface area (Å²) >= 11 is 0.678. The Hall–Kier alpha value is -13.2. The number of nitrogens with one attached hydrogen (secondary N) is 14. The van der Waals surface area contributed by atoms with Gasteiger partial charge in [-0.2, -0.15) is 0 Å². The van der Waals surface area contributed by atoms with Crippen molar-refractivity contribution >= 4 is 141 Å². The molecule has 1 saturated heterocycles. The summed E-state index contributed by atoms with van der Waals surface area (Å²) < 4.78 is 5.89. The molecule has 14 atom stereocenters. The van der Waals surface area contributed by atoms with Crippen molar-refractivity contribution in [1.29, 1.82) is 0 Å². The molecule has 17 amide bonds. The predicted octanol–water partition coefficient (Wildman–Crippen LogP) is -6.76. The maximum atomic E-state index is 14.3. The van der Waals surface area contributed by atoms with Crippen LogP contribution in [0.4, 0.5) is 0 Å². The Bertz CT molecular complexity index is 4550. The number of aromatic carboxylic acids is 1. The third kappa shape index (κ3) is 28.1. The lowest BCUT2D eigenvalue weighted by Gasteiger charge is -2.25. The summed E-state index contributed by atoms with van der Waals surface area (Å²) in [6.07, 6.45) is -5.66. The molecule has 2 heterocycles. The number of nitrogens with zero attached hydrogens (tertiary/aromatic N) is 1. The van der Waals surface area contributed by atoms with Crippen molar-refractivity contribution in [2.75, 3.05) is 31.9 Å². The normalized spacial score (nSPS) is 15.8. The number of fused-ring (bicyclic) bond motifs is 2. The van der Waals surface area contributed by atoms with E-state index in [0.717, 1.165) is 66.4 Å². The molecule has 0 radical (unpaired) electrons. The smallest absolute Gasteiger partial charge is 0.336 e. The molecule has 5 rings (SSSR count). The molecule has 3 aliphatic rings. The number of thioether (sulfide) groups is 1. The highest BCUT2D eigenvalue weighted by Crippen LogP contribution is 2.42. The van der Waals surface area contributed by atoms with E-state index in [0.29, 0.717) is 17.1 Å². The minimum atomic E-state index is -1.76. The molecule has 0 bridgehead atoms. The molecule has 1 aliphatic carbocycles. The molecule has 45 heteroatoms. The number of rotatable bonds is 43. The number of carboxylic acids is 3. The van der Waals surface area contributed by atoms with Gasteiger partial charge in [0.25, 0.3) is 5.91 Å². The van der Waals surface area contributed by atoms with Gasteiger partial charge in [0.15, 0.2) is 5.43 Å². The van der Waals surface area contributed by atoms with Crippen LogP contribution in [0.1, 0.15) is 115 Å². The number of aliphatic hydroxyl groups is 2. The van der Waals surface area contributed by atoms with Gasteiger partial charge in [-0.25, -0.2) is 4.79 Å². The highest BCUT2D eigenvalue weighted by Gasteiger charge is 2.41. The van der Waals surface area contributed by atoms with Crippen molar-refractivity contribution in [3.05, 3.63) is 75.9 Å². The summed E-state index contributed by atoms with van der Waals surface area (Å²) in [5, 5.41) is 90.0. The average Bonchev–Trinajstić information content (AvgIpc) is 0.920. The van der Waals surface area contributed by atoms with Gasteiger partial charge in [0, 0.05) is 79.2 Å². The Balaban J connectivity index is 1.27. The molecule has 634 valence electrons. The molecule has 1 fully saturated rings. The van der Waals surface area contributed by atoms with Gasteiger partial charge in [0.2, 0.25) is 94.5 Å². The van der Waals surface area contributed by atoms with Gasteiger partial charge >= 0.3 is 17.9 Å². The van der Waals surface area contributed by atoms with Crippen LogP contribution in [0.2, 0.25) is 0 Å². The minimum Gasteiger partial charge on any atom is -0.508 e. The maximum absolute atomic E-state index is 14.3. The Labute approximate surface area is 668 Å². The van der Waals surface area contributed by atoms with Crippen LogP contribution >= 0.6 is 11.8 Å². The second-order valence-electron chi connectivity index (χ2n) is 27.1. The van der Waals surface area contributed by atoms with E-state index in [1.807, 2.05) is 0 Å². The third-order valence-electron chi connectivity index (χ3n) is 17.5. The number of aromatic hydroxyl groups is 1. The lowest BCUT2D eigenvalue weighted by Crippen LogP contribution is -2.60. The zero-order valence-electron chi connectivity index (χ0n) is 64.4. The van der Waals surface area contributed by atoms with Crippen LogP contribution in [-0.2, 0) is 86.3 Å². The molecule has 2 aliphatic heterocycles. The van der Waals surface area contributed by atoms with E-state index in [2.05, 4.69) is 74.4 Å². The van der Waals surface area contributed by atoms with Gasteiger partial charge < -0.3 is 115 Å². The molecule has 44 nitrogen and oxygen atoms in total. The summed E-state index contributed by atoms with van der Waals surface area (Å²) in [4.78, 5) is 273. The quantitative estimate of drug-likeness (QED) is 0.0145. The third-order valence-corrected chi connectivity index (χ3v) is 18.8. The molecule has 1 unspecified atom stereocenters. The number of likely N-dealkylation sites (tertiary alicyclic amines) is 1. The number of carboxylic acid groups (broad SMARTS) is 3. The van der Waals surface area contributed by atoms with Gasteiger partial charge in [-0.15, -0.1) is 11.8 Å². The van der Waals surface area contributed by atoms with Crippen LogP contribution in [0, 0.1) is 0 Å². The summed E-state index contributed by atoms with van der Waals surface area (Å²) in [6.45, 7) is 7.77. The lowest BCUT2D eigenvalue weighted by atomic mass is 9.89. The van der Waals surface area contributed by atoms with Crippen LogP contribution < -0.4 is 85.6 Å². The Kier molecular flexibility index (Phi) is 35.0. The van der Waals surface area contributed by atoms with Gasteiger partial charge in [0.1, 0.15) is 83.6 Å².